The van der Waals surface area contributed by atoms with Gasteiger partial charge >= 0.3 is 0 Å². The van der Waals surface area contributed by atoms with Crippen LogP contribution in [0.25, 0.3) is 0 Å². The lowest BCUT2D eigenvalue weighted by Crippen LogP contribution is -2.57. The number of anilines is 1. The average molecular weight is 358 g/mol. The third kappa shape index (κ3) is 2.99. The smallest absolute Gasteiger partial charge is 0.0505 e. The first-order valence-corrected chi connectivity index (χ1v) is 7.96. The van der Waals surface area contributed by atoms with Crippen LogP contribution in [0.15, 0.2) is 24.3 Å². The predicted octanol–water partition coefficient (Wildman–Crippen LogP) is 3.50. The van der Waals surface area contributed by atoms with Crippen LogP contribution in [0, 0.1) is 9.49 Å². The van der Waals surface area contributed by atoms with Gasteiger partial charge in [0.1, 0.15) is 0 Å². The summed E-state index contributed by atoms with van der Waals surface area (Å²) in [5.41, 5.74) is 1.39. The molecule has 100 valence electrons. The quantitative estimate of drug-likeness (QED) is 0.832. The molecule has 3 unspecified atom stereocenters. The van der Waals surface area contributed by atoms with E-state index in [1.807, 2.05) is 0 Å². The van der Waals surface area contributed by atoms with Crippen LogP contribution in [0.1, 0.15) is 27.2 Å². The number of hydrogen-bond acceptors (Lipinski definition) is 2. The van der Waals surface area contributed by atoms with E-state index in [4.69, 9.17) is 0 Å². The Bertz CT molecular complexity index is 394. The second-order valence-corrected chi connectivity index (χ2v) is 6.52. The topological polar surface area (TPSA) is 15.3 Å². The van der Waals surface area contributed by atoms with Crippen molar-refractivity contribution in [2.45, 2.75) is 39.3 Å². The molecule has 1 aliphatic rings. The minimum atomic E-state index is 0.571. The van der Waals surface area contributed by atoms with Crippen molar-refractivity contribution in [2.24, 2.45) is 5.92 Å². The van der Waals surface area contributed by atoms with Crippen molar-refractivity contribution in [3.8, 4) is 0 Å². The van der Waals surface area contributed by atoms with Crippen molar-refractivity contribution in [1.29, 1.82) is 0 Å². The monoisotopic (exact) mass is 358 g/mol. The molecule has 1 fully saturated rings. The van der Waals surface area contributed by atoms with Gasteiger partial charge in [0.2, 0.25) is 0 Å². The highest BCUT2D eigenvalue weighted by molar-refractivity contribution is 14.1. The molecule has 2 rings (SSSR count). The number of hydrogen-bond donors (Lipinski definition) is 1. The summed E-state index contributed by atoms with van der Waals surface area (Å²) in [4.78, 5) is 2.56. The molecule has 1 saturated heterocycles. The fraction of sp³-hybridized carbons (Fsp3) is 0.600. The van der Waals surface area contributed by atoms with Crippen LogP contribution in [-0.4, -0.2) is 25.2 Å². The molecule has 0 spiro atoms. The van der Waals surface area contributed by atoms with Crippen LogP contribution in [-0.2, 0) is 0 Å². The van der Waals surface area contributed by atoms with Gasteiger partial charge in [0, 0.05) is 28.7 Å². The molecule has 0 radical (unpaired) electrons. The third-order valence-electron chi connectivity index (χ3n) is 4.09. The zero-order valence-electron chi connectivity index (χ0n) is 11.5. The number of rotatable bonds is 3. The van der Waals surface area contributed by atoms with E-state index in [1.54, 1.807) is 0 Å². The molecule has 0 bridgehead atoms. The summed E-state index contributed by atoms with van der Waals surface area (Å²) in [6.45, 7) is 9.14. The number of halogens is 1. The maximum atomic E-state index is 3.69. The fourth-order valence-corrected chi connectivity index (χ4v) is 3.27. The molecule has 0 aliphatic carbocycles. The average Bonchev–Trinajstić information content (AvgIpc) is 2.39. The minimum Gasteiger partial charge on any atom is -0.365 e. The van der Waals surface area contributed by atoms with E-state index in [0.29, 0.717) is 12.1 Å². The Morgan fingerprint density at radius 1 is 1.44 bits per heavy atom. The van der Waals surface area contributed by atoms with Gasteiger partial charge in [0.05, 0.1) is 5.69 Å². The van der Waals surface area contributed by atoms with Gasteiger partial charge in [-0.1, -0.05) is 32.4 Å². The standard InChI is InChI=1S/C15H23IN2/c1-4-11(2)14-10-18(12(3)9-17-14)15-8-6-5-7-13(15)16/h5-8,11-12,14,17H,4,9-10H2,1-3H3. The summed E-state index contributed by atoms with van der Waals surface area (Å²) in [6, 6.07) is 9.89. The van der Waals surface area contributed by atoms with E-state index >= 15 is 0 Å². The number of nitrogens with one attached hydrogen (secondary N) is 1. The van der Waals surface area contributed by atoms with Crippen LogP contribution in [0.3, 0.4) is 0 Å². The van der Waals surface area contributed by atoms with Crippen LogP contribution in [0.2, 0.25) is 0 Å². The maximum Gasteiger partial charge on any atom is 0.0505 e. The highest BCUT2D eigenvalue weighted by Crippen LogP contribution is 2.27. The Kier molecular flexibility index (Phi) is 4.90. The first-order valence-electron chi connectivity index (χ1n) is 6.88. The van der Waals surface area contributed by atoms with Gasteiger partial charge in [-0.15, -0.1) is 0 Å². The Balaban J connectivity index is 2.18. The molecule has 18 heavy (non-hydrogen) atoms. The zero-order chi connectivity index (χ0) is 13.1. The van der Waals surface area contributed by atoms with Crippen molar-refractivity contribution >= 4 is 28.3 Å². The second-order valence-electron chi connectivity index (χ2n) is 5.35. The molecular formula is C15H23IN2. The molecule has 1 aliphatic heterocycles. The molecule has 1 heterocycles. The lowest BCUT2D eigenvalue weighted by atomic mass is 9.95. The number of benzene rings is 1. The predicted molar refractivity (Wildman–Crippen MR) is 87.2 cm³/mol. The van der Waals surface area contributed by atoms with Gasteiger partial charge in [-0.05, 0) is 47.6 Å². The van der Waals surface area contributed by atoms with Crippen molar-refractivity contribution in [1.82, 2.24) is 5.32 Å². The van der Waals surface area contributed by atoms with Crippen molar-refractivity contribution in [3.05, 3.63) is 27.8 Å². The van der Waals surface area contributed by atoms with E-state index in [9.17, 15) is 0 Å². The normalized spacial score (nSPS) is 26.1. The largest absolute Gasteiger partial charge is 0.365 e. The number of para-hydroxylation sites is 1. The third-order valence-corrected chi connectivity index (χ3v) is 5.01. The Morgan fingerprint density at radius 3 is 2.83 bits per heavy atom. The summed E-state index contributed by atoms with van der Waals surface area (Å²) >= 11 is 2.44. The van der Waals surface area contributed by atoms with E-state index in [0.717, 1.165) is 19.0 Å². The Labute approximate surface area is 124 Å². The molecule has 1 N–H and O–H groups in total. The van der Waals surface area contributed by atoms with Crippen LogP contribution < -0.4 is 10.2 Å². The summed E-state index contributed by atoms with van der Waals surface area (Å²) in [7, 11) is 0. The van der Waals surface area contributed by atoms with Gasteiger partial charge in [-0.25, -0.2) is 0 Å². The molecule has 1 aromatic rings. The lowest BCUT2D eigenvalue weighted by Gasteiger charge is -2.42. The van der Waals surface area contributed by atoms with E-state index in [1.165, 1.54) is 15.7 Å². The van der Waals surface area contributed by atoms with E-state index < -0.39 is 0 Å². The Morgan fingerprint density at radius 2 is 2.17 bits per heavy atom. The van der Waals surface area contributed by atoms with Gasteiger partial charge in [0.15, 0.2) is 0 Å². The summed E-state index contributed by atoms with van der Waals surface area (Å²) < 4.78 is 1.35. The molecular weight excluding hydrogens is 335 g/mol. The highest BCUT2D eigenvalue weighted by Gasteiger charge is 2.28. The SMILES string of the molecule is CCC(C)C1CN(c2ccccc2I)C(C)CN1. The molecule has 0 aromatic heterocycles. The zero-order valence-corrected chi connectivity index (χ0v) is 13.6. The molecule has 2 nitrogen and oxygen atoms in total. The van der Waals surface area contributed by atoms with Gasteiger partial charge in [-0.2, -0.15) is 0 Å². The Hall–Kier alpha value is -0.290. The van der Waals surface area contributed by atoms with Gasteiger partial charge in [-0.3, -0.25) is 0 Å². The molecule has 0 saturated carbocycles. The molecule has 1 aromatic carbocycles. The van der Waals surface area contributed by atoms with E-state index in [-0.39, 0.29) is 0 Å². The first kappa shape index (κ1) is 14.1. The van der Waals surface area contributed by atoms with Crippen LogP contribution >= 0.6 is 22.6 Å². The number of nitrogens with zero attached hydrogens (tertiary/aromatic N) is 1. The highest BCUT2D eigenvalue weighted by atomic mass is 127. The molecule has 3 atom stereocenters. The number of piperazine rings is 1. The summed E-state index contributed by atoms with van der Waals surface area (Å²) in [5.74, 6) is 0.737. The first-order chi connectivity index (χ1) is 8.63. The maximum absolute atomic E-state index is 3.69. The summed E-state index contributed by atoms with van der Waals surface area (Å²) in [5, 5.41) is 3.69. The van der Waals surface area contributed by atoms with Crippen molar-refractivity contribution in [2.75, 3.05) is 18.0 Å². The van der Waals surface area contributed by atoms with Crippen molar-refractivity contribution in [3.63, 3.8) is 0 Å². The van der Waals surface area contributed by atoms with Gasteiger partial charge < -0.3 is 10.2 Å². The van der Waals surface area contributed by atoms with Gasteiger partial charge in [0.25, 0.3) is 0 Å². The lowest BCUT2D eigenvalue weighted by molar-refractivity contribution is 0.315. The molecule has 0 amide bonds. The van der Waals surface area contributed by atoms with Crippen LogP contribution in [0.5, 0.6) is 0 Å². The fourth-order valence-electron chi connectivity index (χ4n) is 2.57. The summed E-state index contributed by atoms with van der Waals surface area (Å²) in [6.07, 6.45) is 1.24. The molecule has 3 heteroatoms. The minimum absolute atomic E-state index is 0.571. The second kappa shape index (κ2) is 6.24. The van der Waals surface area contributed by atoms with Crippen molar-refractivity contribution < 1.29 is 0 Å². The van der Waals surface area contributed by atoms with E-state index in [2.05, 4.69) is 77.8 Å². The van der Waals surface area contributed by atoms with Crippen LogP contribution in [0.4, 0.5) is 5.69 Å².